The van der Waals surface area contributed by atoms with Crippen molar-refractivity contribution in [3.63, 3.8) is 0 Å². The van der Waals surface area contributed by atoms with Gasteiger partial charge in [-0.3, -0.25) is 9.59 Å². The van der Waals surface area contributed by atoms with Gasteiger partial charge in [-0.15, -0.1) is 0 Å². The quantitative estimate of drug-likeness (QED) is 0.131. The van der Waals surface area contributed by atoms with Crippen LogP contribution in [0.4, 0.5) is 10.5 Å². The Hall–Kier alpha value is -4.57. The number of esters is 1. The van der Waals surface area contributed by atoms with E-state index in [1.54, 1.807) is 36.4 Å². The summed E-state index contributed by atoms with van der Waals surface area (Å²) in [4.78, 5) is 52.1. The highest BCUT2D eigenvalue weighted by Gasteiger charge is 2.28. The van der Waals surface area contributed by atoms with Gasteiger partial charge in [0.25, 0.3) is 5.91 Å². The van der Waals surface area contributed by atoms with Crippen molar-refractivity contribution in [2.24, 2.45) is 0 Å². The number of amides is 4. The van der Waals surface area contributed by atoms with E-state index in [0.29, 0.717) is 10.6 Å². The number of halogens is 3. The fourth-order valence-corrected chi connectivity index (χ4v) is 6.14. The van der Waals surface area contributed by atoms with Crippen molar-refractivity contribution in [2.75, 3.05) is 11.9 Å². The highest BCUT2D eigenvalue weighted by molar-refractivity contribution is 6.40. The third-order valence-corrected chi connectivity index (χ3v) is 8.36. The Bertz CT molecular complexity index is 1760. The number of ether oxygens (including phenoxy) is 1. The lowest BCUT2D eigenvalue weighted by molar-refractivity contribution is -0.147. The number of aryl methyl sites for hydroxylation is 1. The molecule has 4 N–H and O–H groups in total. The normalized spacial score (nSPS) is 14.0. The van der Waals surface area contributed by atoms with Gasteiger partial charge < -0.3 is 26.0 Å². The molecule has 0 aromatic heterocycles. The third-order valence-electron chi connectivity index (χ3n) is 7.53. The molecule has 0 heterocycles. The predicted molar refractivity (Wildman–Crippen MR) is 182 cm³/mol. The van der Waals surface area contributed by atoms with Crippen LogP contribution in [-0.2, 0) is 33.8 Å². The molecule has 9 nitrogen and oxygen atoms in total. The Morgan fingerprint density at radius 3 is 2.28 bits per heavy atom. The van der Waals surface area contributed by atoms with Gasteiger partial charge in [-0.25, -0.2) is 9.59 Å². The highest BCUT2D eigenvalue weighted by atomic mass is 35.5. The number of anilines is 1. The van der Waals surface area contributed by atoms with Crippen molar-refractivity contribution in [2.45, 2.75) is 38.0 Å². The fraction of sp³-hybridized carbons (Fsp3) is 0.200. The Morgan fingerprint density at radius 1 is 0.830 bits per heavy atom. The van der Waals surface area contributed by atoms with Crippen molar-refractivity contribution >= 4 is 64.3 Å². The molecule has 4 aromatic carbocycles. The maximum atomic E-state index is 13.4. The van der Waals surface area contributed by atoms with E-state index in [4.69, 9.17) is 39.5 Å². The van der Waals surface area contributed by atoms with Crippen LogP contribution in [0.3, 0.4) is 0 Å². The molecule has 2 atom stereocenters. The number of hydrogen-bond acceptors (Lipinski definition) is 5. The minimum absolute atomic E-state index is 0.0395. The minimum atomic E-state index is -1.28. The van der Waals surface area contributed by atoms with E-state index < -0.39 is 23.9 Å². The Labute approximate surface area is 286 Å². The van der Waals surface area contributed by atoms with Crippen LogP contribution >= 0.6 is 34.8 Å². The first-order valence-corrected chi connectivity index (χ1v) is 16.0. The van der Waals surface area contributed by atoms with E-state index in [1.165, 1.54) is 17.7 Å². The first-order valence-electron chi connectivity index (χ1n) is 14.8. The van der Waals surface area contributed by atoms with Gasteiger partial charge >= 0.3 is 12.0 Å². The first kappa shape index (κ1) is 33.8. The largest absolute Gasteiger partial charge is 0.459 e. The molecule has 0 bridgehead atoms. The summed E-state index contributed by atoms with van der Waals surface area (Å²) < 4.78 is 5.47. The van der Waals surface area contributed by atoms with E-state index in [0.717, 1.165) is 24.0 Å². The predicted octanol–water partition coefficient (Wildman–Crippen LogP) is 6.66. The molecule has 4 amide bonds. The molecule has 0 unspecified atom stereocenters. The van der Waals surface area contributed by atoms with E-state index in [1.807, 2.05) is 42.5 Å². The Morgan fingerprint density at radius 2 is 1.53 bits per heavy atom. The minimum Gasteiger partial charge on any atom is -0.459 e. The zero-order valence-corrected chi connectivity index (χ0v) is 27.3. The summed E-state index contributed by atoms with van der Waals surface area (Å²) in [7, 11) is 0. The zero-order valence-electron chi connectivity index (χ0n) is 25.0. The van der Waals surface area contributed by atoms with Gasteiger partial charge in [0, 0.05) is 10.7 Å². The second kappa shape index (κ2) is 15.8. The molecule has 5 rings (SSSR count). The first-order chi connectivity index (χ1) is 22.7. The van der Waals surface area contributed by atoms with Crippen molar-refractivity contribution < 1.29 is 23.9 Å². The molecule has 0 radical (unpaired) electrons. The van der Waals surface area contributed by atoms with Gasteiger partial charge in [-0.2, -0.15) is 0 Å². The summed E-state index contributed by atoms with van der Waals surface area (Å²) in [5.74, 6) is -1.89. The molecule has 0 saturated carbocycles. The maximum Gasteiger partial charge on any atom is 0.330 e. The van der Waals surface area contributed by atoms with Crippen LogP contribution in [0.5, 0.6) is 0 Å². The second-order valence-corrected chi connectivity index (χ2v) is 12.2. The van der Waals surface area contributed by atoms with Gasteiger partial charge in [0.15, 0.2) is 0 Å². The number of benzene rings is 4. The number of rotatable bonds is 11. The van der Waals surface area contributed by atoms with Crippen LogP contribution in [0.25, 0.3) is 0 Å². The van der Waals surface area contributed by atoms with Crippen LogP contribution in [0.15, 0.2) is 91.0 Å². The van der Waals surface area contributed by atoms with Gasteiger partial charge in [-0.05, 0) is 59.4 Å². The van der Waals surface area contributed by atoms with Crippen LogP contribution < -0.4 is 21.3 Å². The standard InChI is InChI=1S/C35H31Cl3N4O5/c36-24-11-6-9-22(15-24)16-31(43)40-25-17-27(37)32(28(38)18-25)33(44)41-30(34(45)47-20-21-7-2-1-3-8-21)19-39-35(46)42-29-14-13-23-10-4-5-12-26(23)29/h1-12,15,17-18,29-30H,13-14,16,19-20H2,(H,40,43)(H,41,44)(H2,39,42,46)/t29-,30+/m1/s1. The average Bonchev–Trinajstić information content (AvgIpc) is 3.44. The molecule has 1 aliphatic carbocycles. The zero-order chi connectivity index (χ0) is 33.3. The van der Waals surface area contributed by atoms with E-state index in [9.17, 15) is 19.2 Å². The van der Waals surface area contributed by atoms with Crippen LogP contribution in [0, 0.1) is 0 Å². The number of carbonyl (C=O) groups excluding carboxylic acids is 4. The Balaban J connectivity index is 1.25. The maximum absolute atomic E-state index is 13.4. The summed E-state index contributed by atoms with van der Waals surface area (Å²) in [6.07, 6.45) is 1.65. The third kappa shape index (κ3) is 9.25. The molecule has 0 fully saturated rings. The summed E-state index contributed by atoms with van der Waals surface area (Å²) in [5.41, 5.74) is 3.83. The monoisotopic (exact) mass is 692 g/mol. The molecule has 242 valence electrons. The number of fused-ring (bicyclic) bond motifs is 1. The molecule has 1 aliphatic rings. The lowest BCUT2D eigenvalue weighted by Gasteiger charge is -2.21. The molecular weight excluding hydrogens is 663 g/mol. The second-order valence-electron chi connectivity index (χ2n) is 10.9. The van der Waals surface area contributed by atoms with Gasteiger partial charge in [0.2, 0.25) is 5.91 Å². The molecule has 12 heteroatoms. The van der Waals surface area contributed by atoms with Gasteiger partial charge in [0.1, 0.15) is 12.6 Å². The number of nitrogens with one attached hydrogen (secondary N) is 4. The summed E-state index contributed by atoms with van der Waals surface area (Å²) in [5, 5.41) is 11.3. The van der Waals surface area contributed by atoms with Crippen molar-refractivity contribution in [3.8, 4) is 0 Å². The number of carbonyl (C=O) groups is 4. The highest BCUT2D eigenvalue weighted by Crippen LogP contribution is 2.31. The van der Waals surface area contributed by atoms with E-state index >= 15 is 0 Å². The molecule has 47 heavy (non-hydrogen) atoms. The van der Waals surface area contributed by atoms with Gasteiger partial charge in [-0.1, -0.05) is 102 Å². The lowest BCUT2D eigenvalue weighted by atomic mass is 10.1. The topological polar surface area (TPSA) is 126 Å². The van der Waals surface area contributed by atoms with E-state index in [2.05, 4.69) is 21.3 Å². The summed E-state index contributed by atoms with van der Waals surface area (Å²) in [6, 6.07) is 24.6. The molecule has 4 aromatic rings. The van der Waals surface area contributed by atoms with Crippen LogP contribution in [0.1, 0.15) is 45.1 Å². The lowest BCUT2D eigenvalue weighted by Crippen LogP contribution is -2.51. The average molecular weight is 694 g/mol. The molecule has 0 spiro atoms. The SMILES string of the molecule is O=C(Cc1cccc(Cl)c1)Nc1cc(Cl)c(C(=O)N[C@@H](CNC(=O)N[C@@H]2CCc3ccccc32)C(=O)OCc2ccccc2)c(Cl)c1. The Kier molecular flexibility index (Phi) is 11.4. The van der Waals surface area contributed by atoms with Gasteiger partial charge in [0.05, 0.1) is 34.6 Å². The van der Waals surface area contributed by atoms with Crippen molar-refractivity contribution in [1.29, 1.82) is 0 Å². The van der Waals surface area contributed by atoms with Crippen molar-refractivity contribution in [1.82, 2.24) is 16.0 Å². The number of hydrogen-bond donors (Lipinski definition) is 4. The molecular formula is C35H31Cl3N4O5. The number of urea groups is 1. The van der Waals surface area contributed by atoms with E-state index in [-0.39, 0.29) is 52.8 Å². The van der Waals surface area contributed by atoms with Crippen molar-refractivity contribution in [3.05, 3.63) is 134 Å². The van der Waals surface area contributed by atoms with Crippen LogP contribution in [0.2, 0.25) is 15.1 Å². The smallest absolute Gasteiger partial charge is 0.330 e. The fourth-order valence-electron chi connectivity index (χ4n) is 5.26. The summed E-state index contributed by atoms with van der Waals surface area (Å²) in [6.45, 7) is -0.311. The molecule has 0 aliphatic heterocycles. The van der Waals surface area contributed by atoms with Crippen LogP contribution in [-0.4, -0.2) is 36.4 Å². The summed E-state index contributed by atoms with van der Waals surface area (Å²) >= 11 is 18.9. The molecule has 0 saturated heterocycles.